The molecule has 0 radical (unpaired) electrons. The molecule has 2 aromatic rings. The maximum Gasteiger partial charge on any atom is 0.263 e. The van der Waals surface area contributed by atoms with Crippen molar-refractivity contribution in [3.63, 3.8) is 0 Å². The predicted octanol–water partition coefficient (Wildman–Crippen LogP) is 2.84. The summed E-state index contributed by atoms with van der Waals surface area (Å²) in [6.45, 7) is -0.619. The lowest BCUT2D eigenvalue weighted by molar-refractivity contribution is 0.163. The Labute approximate surface area is 129 Å². The lowest BCUT2D eigenvalue weighted by Gasteiger charge is -2.09. The number of anilines is 2. The molecule has 0 aliphatic heterocycles. The molecule has 1 heterocycles. The zero-order valence-corrected chi connectivity index (χ0v) is 12.2. The fraction of sp³-hybridized carbons (Fsp3) is 0.154. The molecular weight excluding hydrogens is 338 g/mol. The van der Waals surface area contributed by atoms with Crippen molar-refractivity contribution in [3.8, 4) is 0 Å². The number of sulfonamides is 1. The first kappa shape index (κ1) is 17.0. The third kappa shape index (κ3) is 4.55. The number of benzene rings is 1. The van der Waals surface area contributed by atoms with Crippen LogP contribution in [0.25, 0.3) is 0 Å². The van der Waals surface area contributed by atoms with E-state index in [1.807, 2.05) is 0 Å². The maximum absolute atomic E-state index is 13.1. The molecule has 0 spiro atoms. The summed E-state index contributed by atoms with van der Waals surface area (Å²) in [7, 11) is -4.07. The van der Waals surface area contributed by atoms with Crippen molar-refractivity contribution < 1.29 is 26.0 Å². The molecule has 0 aliphatic carbocycles. The van der Waals surface area contributed by atoms with Crippen LogP contribution in [0.3, 0.4) is 0 Å². The van der Waals surface area contributed by atoms with Gasteiger partial charge in [0.05, 0.1) is 12.2 Å². The van der Waals surface area contributed by atoms with Gasteiger partial charge >= 0.3 is 0 Å². The van der Waals surface area contributed by atoms with Crippen LogP contribution in [-0.4, -0.2) is 26.4 Å². The van der Waals surface area contributed by atoms with Crippen LogP contribution in [0, 0.1) is 11.6 Å². The molecule has 0 atom stereocenters. The van der Waals surface area contributed by atoms with Gasteiger partial charge in [-0.15, -0.1) is 0 Å². The minimum atomic E-state index is -4.07. The normalized spacial score (nSPS) is 11.5. The van der Waals surface area contributed by atoms with Gasteiger partial charge in [0, 0.05) is 12.3 Å². The van der Waals surface area contributed by atoms with Crippen molar-refractivity contribution in [2.75, 3.05) is 16.6 Å². The van der Waals surface area contributed by atoms with Gasteiger partial charge in [-0.1, -0.05) is 0 Å². The van der Waals surface area contributed by atoms with Crippen molar-refractivity contribution in [3.05, 3.63) is 48.2 Å². The molecule has 2 rings (SSSR count). The Bertz CT molecular complexity index is 782. The Morgan fingerprint density at radius 1 is 1.09 bits per heavy atom. The Balaban J connectivity index is 2.14. The van der Waals surface area contributed by atoms with E-state index >= 15 is 0 Å². The molecule has 1 aromatic carbocycles. The Morgan fingerprint density at radius 3 is 2.39 bits per heavy atom. The van der Waals surface area contributed by atoms with E-state index in [2.05, 4.69) is 15.0 Å². The van der Waals surface area contributed by atoms with Crippen molar-refractivity contribution in [1.29, 1.82) is 0 Å². The minimum Gasteiger partial charge on any atom is -0.364 e. The summed E-state index contributed by atoms with van der Waals surface area (Å²) in [5.74, 6) is -2.23. The van der Waals surface area contributed by atoms with Gasteiger partial charge in [0.15, 0.2) is 11.6 Å². The molecular formula is C13H11F4N3O2S. The number of aromatic nitrogens is 1. The fourth-order valence-corrected chi connectivity index (χ4v) is 2.59. The van der Waals surface area contributed by atoms with Crippen LogP contribution < -0.4 is 10.0 Å². The van der Waals surface area contributed by atoms with Gasteiger partial charge in [-0.05, 0) is 24.3 Å². The largest absolute Gasteiger partial charge is 0.364 e. The number of rotatable bonds is 6. The second kappa shape index (κ2) is 6.82. The van der Waals surface area contributed by atoms with Crippen LogP contribution >= 0.6 is 0 Å². The van der Waals surface area contributed by atoms with Crippen LogP contribution in [0.15, 0.2) is 41.4 Å². The van der Waals surface area contributed by atoms with E-state index in [-0.39, 0.29) is 16.4 Å². The molecule has 23 heavy (non-hydrogen) atoms. The van der Waals surface area contributed by atoms with E-state index in [9.17, 15) is 26.0 Å². The van der Waals surface area contributed by atoms with Gasteiger partial charge < -0.3 is 5.32 Å². The van der Waals surface area contributed by atoms with E-state index in [4.69, 9.17) is 0 Å². The third-order valence-corrected chi connectivity index (χ3v) is 4.02. The average molecular weight is 349 g/mol. The number of nitrogens with one attached hydrogen (secondary N) is 2. The van der Waals surface area contributed by atoms with Gasteiger partial charge in [-0.2, -0.15) is 0 Å². The van der Waals surface area contributed by atoms with Crippen LogP contribution in [0.4, 0.5) is 29.1 Å². The fourth-order valence-electron chi connectivity index (χ4n) is 1.60. The Kier molecular flexibility index (Phi) is 5.04. The molecule has 0 amide bonds. The van der Waals surface area contributed by atoms with E-state index < -0.39 is 34.6 Å². The quantitative estimate of drug-likeness (QED) is 0.787. The average Bonchev–Trinajstić information content (AvgIpc) is 2.49. The topological polar surface area (TPSA) is 71.1 Å². The van der Waals surface area contributed by atoms with E-state index in [1.165, 1.54) is 6.07 Å². The second-order valence-electron chi connectivity index (χ2n) is 4.39. The summed E-state index contributed by atoms with van der Waals surface area (Å²) in [4.78, 5) is 3.43. The zero-order valence-electron chi connectivity index (χ0n) is 11.4. The zero-order chi connectivity index (χ0) is 17.0. The highest BCUT2D eigenvalue weighted by atomic mass is 32.2. The molecule has 0 bridgehead atoms. The molecule has 0 fully saturated rings. The maximum atomic E-state index is 13.1. The second-order valence-corrected chi connectivity index (χ2v) is 6.07. The van der Waals surface area contributed by atoms with Gasteiger partial charge in [0.25, 0.3) is 16.4 Å². The summed E-state index contributed by atoms with van der Waals surface area (Å²) in [5, 5.41) is 2.32. The standard InChI is InChI=1S/C13H11F4N3O2S/c14-10-3-1-8(5-11(10)15)20-23(21,22)9-2-4-13(18-6-9)19-7-12(16)17/h1-6,12,20H,7H2,(H,18,19). The first-order chi connectivity index (χ1) is 10.8. The van der Waals surface area contributed by atoms with Crippen molar-refractivity contribution in [2.24, 2.45) is 0 Å². The molecule has 10 heteroatoms. The lowest BCUT2D eigenvalue weighted by atomic mass is 10.3. The van der Waals surface area contributed by atoms with Crippen LogP contribution in [-0.2, 0) is 10.0 Å². The summed E-state index contributed by atoms with van der Waals surface area (Å²) >= 11 is 0. The Morgan fingerprint density at radius 2 is 1.83 bits per heavy atom. The lowest BCUT2D eigenvalue weighted by Crippen LogP contribution is -2.15. The van der Waals surface area contributed by atoms with Crippen LogP contribution in [0.2, 0.25) is 0 Å². The number of halogens is 4. The van der Waals surface area contributed by atoms with Crippen LogP contribution in [0.5, 0.6) is 0 Å². The molecule has 0 aliphatic rings. The number of hydrogen-bond acceptors (Lipinski definition) is 4. The number of nitrogens with zero attached hydrogens (tertiary/aromatic N) is 1. The molecule has 0 saturated heterocycles. The number of pyridine rings is 1. The highest BCUT2D eigenvalue weighted by Gasteiger charge is 2.16. The van der Waals surface area contributed by atoms with Crippen LogP contribution in [0.1, 0.15) is 0 Å². The summed E-state index contributed by atoms with van der Waals surface area (Å²) in [6.07, 6.45) is -1.62. The summed E-state index contributed by atoms with van der Waals surface area (Å²) < 4.78 is 76.1. The number of alkyl halides is 2. The highest BCUT2D eigenvalue weighted by molar-refractivity contribution is 7.92. The molecule has 2 N–H and O–H groups in total. The van der Waals surface area contributed by atoms with E-state index in [1.54, 1.807) is 0 Å². The Hall–Kier alpha value is -2.36. The van der Waals surface area contributed by atoms with Gasteiger partial charge in [-0.3, -0.25) is 4.72 Å². The smallest absolute Gasteiger partial charge is 0.263 e. The third-order valence-electron chi connectivity index (χ3n) is 2.66. The van der Waals surface area contributed by atoms with Gasteiger partial charge in [0.2, 0.25) is 0 Å². The van der Waals surface area contributed by atoms with Gasteiger partial charge in [0.1, 0.15) is 10.7 Å². The predicted molar refractivity (Wildman–Crippen MR) is 75.9 cm³/mol. The van der Waals surface area contributed by atoms with Crippen molar-refractivity contribution in [2.45, 2.75) is 11.3 Å². The van der Waals surface area contributed by atoms with E-state index in [0.717, 1.165) is 24.4 Å². The molecule has 124 valence electrons. The summed E-state index contributed by atoms with van der Waals surface area (Å²) in [6, 6.07) is 4.88. The molecule has 1 aromatic heterocycles. The summed E-state index contributed by atoms with van der Waals surface area (Å²) in [5.41, 5.74) is -0.163. The minimum absolute atomic E-state index is 0.0806. The number of hydrogen-bond donors (Lipinski definition) is 2. The van der Waals surface area contributed by atoms with Crippen molar-refractivity contribution in [1.82, 2.24) is 4.98 Å². The molecule has 0 unspecified atom stereocenters. The SMILES string of the molecule is O=S(=O)(Nc1ccc(F)c(F)c1)c1ccc(NCC(F)F)nc1. The van der Waals surface area contributed by atoms with E-state index in [0.29, 0.717) is 6.07 Å². The first-order valence-electron chi connectivity index (χ1n) is 6.24. The van der Waals surface area contributed by atoms with Crippen molar-refractivity contribution >= 4 is 21.5 Å². The molecule has 0 saturated carbocycles. The highest BCUT2D eigenvalue weighted by Crippen LogP contribution is 2.18. The monoisotopic (exact) mass is 349 g/mol. The van der Waals surface area contributed by atoms with Gasteiger partial charge in [-0.25, -0.2) is 31.0 Å². The first-order valence-corrected chi connectivity index (χ1v) is 7.72. The molecule has 5 nitrogen and oxygen atoms in total.